The maximum absolute atomic E-state index is 11.4. The summed E-state index contributed by atoms with van der Waals surface area (Å²) in [5.41, 5.74) is 0. The monoisotopic (exact) mass is 241 g/mol. The van der Waals surface area contributed by atoms with Crippen LogP contribution in [0.1, 0.15) is 25.1 Å². The molecule has 0 aliphatic heterocycles. The van der Waals surface area contributed by atoms with Gasteiger partial charge in [-0.05, 0) is 31.2 Å². The van der Waals surface area contributed by atoms with Crippen molar-refractivity contribution < 1.29 is 9.53 Å². The first-order chi connectivity index (χ1) is 7.67. The molecule has 4 heteroatoms. The molecule has 0 aliphatic carbocycles. The Morgan fingerprint density at radius 2 is 2.38 bits per heavy atom. The lowest BCUT2D eigenvalue weighted by Crippen LogP contribution is -2.43. The Kier molecular flexibility index (Phi) is 5.49. The number of hydrogen-bond acceptors (Lipinski definition) is 4. The number of nitrogens with one attached hydrogen (secondary N) is 1. The van der Waals surface area contributed by atoms with Crippen LogP contribution in [-0.2, 0) is 16.0 Å². The van der Waals surface area contributed by atoms with Gasteiger partial charge in [-0.2, -0.15) is 0 Å². The molecule has 1 rings (SSSR count). The highest BCUT2D eigenvalue weighted by Gasteiger charge is 2.18. The number of carbonyl (C=O) groups is 1. The van der Waals surface area contributed by atoms with Crippen LogP contribution in [0.4, 0.5) is 0 Å². The molecule has 0 bridgehead atoms. The number of thiophene rings is 1. The summed E-state index contributed by atoms with van der Waals surface area (Å²) in [6.07, 6.45) is 1.70. The Balaban J connectivity index is 2.43. The number of rotatable bonds is 6. The van der Waals surface area contributed by atoms with Crippen molar-refractivity contribution in [3.63, 3.8) is 0 Å². The average molecular weight is 241 g/mol. The molecule has 16 heavy (non-hydrogen) atoms. The van der Waals surface area contributed by atoms with Gasteiger partial charge in [-0.25, -0.2) is 0 Å². The highest BCUT2D eigenvalue weighted by molar-refractivity contribution is 7.09. The molecule has 2 unspecified atom stereocenters. The molecule has 3 nitrogen and oxygen atoms in total. The zero-order valence-electron chi connectivity index (χ0n) is 10.0. The zero-order valence-corrected chi connectivity index (χ0v) is 10.8. The summed E-state index contributed by atoms with van der Waals surface area (Å²) in [6, 6.07) is 4.24. The summed E-state index contributed by atoms with van der Waals surface area (Å²) < 4.78 is 4.74. The number of methoxy groups -OCH3 is 1. The SMILES string of the molecule is CCC(NC(C)Cc1cccs1)C(=O)OC. The van der Waals surface area contributed by atoms with Crippen molar-refractivity contribution in [2.24, 2.45) is 0 Å². The smallest absolute Gasteiger partial charge is 0.322 e. The van der Waals surface area contributed by atoms with Crippen LogP contribution in [0.5, 0.6) is 0 Å². The largest absolute Gasteiger partial charge is 0.468 e. The van der Waals surface area contributed by atoms with Gasteiger partial charge in [0.05, 0.1) is 7.11 Å². The van der Waals surface area contributed by atoms with Crippen LogP contribution in [0, 0.1) is 0 Å². The molecule has 2 atom stereocenters. The van der Waals surface area contributed by atoms with E-state index in [4.69, 9.17) is 4.74 Å². The lowest BCUT2D eigenvalue weighted by Gasteiger charge is -2.19. The molecule has 1 aromatic heterocycles. The number of hydrogen-bond donors (Lipinski definition) is 1. The third kappa shape index (κ3) is 3.94. The van der Waals surface area contributed by atoms with E-state index in [1.807, 2.05) is 13.0 Å². The lowest BCUT2D eigenvalue weighted by molar-refractivity contribution is -0.143. The van der Waals surface area contributed by atoms with Gasteiger partial charge >= 0.3 is 5.97 Å². The van der Waals surface area contributed by atoms with Gasteiger partial charge in [0.15, 0.2) is 0 Å². The van der Waals surface area contributed by atoms with E-state index in [0.717, 1.165) is 12.8 Å². The Morgan fingerprint density at radius 3 is 2.88 bits per heavy atom. The molecule has 0 saturated carbocycles. The fourth-order valence-electron chi connectivity index (χ4n) is 1.63. The molecule has 0 spiro atoms. The Morgan fingerprint density at radius 1 is 1.62 bits per heavy atom. The van der Waals surface area contributed by atoms with Crippen LogP contribution >= 0.6 is 11.3 Å². The molecular formula is C12H19NO2S. The minimum absolute atomic E-state index is 0.180. The second-order valence-corrected chi connectivity index (χ2v) is 4.87. The predicted octanol–water partition coefficient (Wildman–Crippen LogP) is 2.22. The second-order valence-electron chi connectivity index (χ2n) is 3.84. The third-order valence-corrected chi connectivity index (χ3v) is 3.37. The van der Waals surface area contributed by atoms with E-state index in [2.05, 4.69) is 23.7 Å². The minimum atomic E-state index is -0.194. The second kappa shape index (κ2) is 6.66. The van der Waals surface area contributed by atoms with Crippen LogP contribution < -0.4 is 5.32 Å². The molecule has 0 radical (unpaired) electrons. The lowest BCUT2D eigenvalue weighted by atomic mass is 10.1. The van der Waals surface area contributed by atoms with Crippen LogP contribution in [0.25, 0.3) is 0 Å². The highest BCUT2D eigenvalue weighted by atomic mass is 32.1. The quantitative estimate of drug-likeness (QED) is 0.776. The summed E-state index contributed by atoms with van der Waals surface area (Å²) in [6.45, 7) is 4.07. The number of esters is 1. The molecule has 0 amide bonds. The van der Waals surface area contributed by atoms with Crippen molar-refractivity contribution in [3.05, 3.63) is 22.4 Å². The predicted molar refractivity (Wildman–Crippen MR) is 66.7 cm³/mol. The van der Waals surface area contributed by atoms with Crippen molar-refractivity contribution in [2.45, 2.75) is 38.8 Å². The summed E-state index contributed by atoms with van der Waals surface area (Å²) in [4.78, 5) is 12.7. The summed E-state index contributed by atoms with van der Waals surface area (Å²) in [7, 11) is 1.43. The molecule has 0 saturated heterocycles. The molecule has 0 aliphatic rings. The van der Waals surface area contributed by atoms with E-state index in [1.165, 1.54) is 12.0 Å². The van der Waals surface area contributed by atoms with Crippen LogP contribution in [0.3, 0.4) is 0 Å². The standard InChI is InChI=1S/C12H19NO2S/c1-4-11(12(14)15-3)13-9(2)8-10-6-5-7-16-10/h5-7,9,11,13H,4,8H2,1-3H3. The van der Waals surface area contributed by atoms with Crippen molar-refractivity contribution in [1.82, 2.24) is 5.32 Å². The van der Waals surface area contributed by atoms with Crippen molar-refractivity contribution in [2.75, 3.05) is 7.11 Å². The van der Waals surface area contributed by atoms with E-state index < -0.39 is 0 Å². The first-order valence-corrected chi connectivity index (χ1v) is 6.41. The first kappa shape index (κ1) is 13.2. The molecule has 0 fully saturated rings. The Bertz CT molecular complexity index is 311. The Labute approximate surface area is 101 Å². The zero-order chi connectivity index (χ0) is 12.0. The van der Waals surface area contributed by atoms with Crippen LogP contribution in [0.15, 0.2) is 17.5 Å². The van der Waals surface area contributed by atoms with E-state index >= 15 is 0 Å². The summed E-state index contributed by atoms with van der Waals surface area (Å²) >= 11 is 1.74. The molecule has 1 heterocycles. The normalized spacial score (nSPS) is 14.4. The van der Waals surface area contributed by atoms with E-state index in [9.17, 15) is 4.79 Å². The maximum atomic E-state index is 11.4. The fourth-order valence-corrected chi connectivity index (χ4v) is 2.46. The average Bonchev–Trinajstić information content (AvgIpc) is 2.77. The highest BCUT2D eigenvalue weighted by Crippen LogP contribution is 2.11. The van der Waals surface area contributed by atoms with E-state index in [0.29, 0.717) is 0 Å². The first-order valence-electron chi connectivity index (χ1n) is 5.53. The molecule has 90 valence electrons. The summed E-state index contributed by atoms with van der Waals surface area (Å²) in [5.74, 6) is -0.180. The minimum Gasteiger partial charge on any atom is -0.468 e. The van der Waals surface area contributed by atoms with Crippen molar-refractivity contribution in [1.29, 1.82) is 0 Å². The van der Waals surface area contributed by atoms with Gasteiger partial charge in [-0.15, -0.1) is 11.3 Å². The van der Waals surface area contributed by atoms with Gasteiger partial charge in [0.25, 0.3) is 0 Å². The van der Waals surface area contributed by atoms with Gasteiger partial charge in [-0.3, -0.25) is 4.79 Å². The van der Waals surface area contributed by atoms with Crippen LogP contribution in [-0.4, -0.2) is 25.2 Å². The number of ether oxygens (including phenoxy) is 1. The van der Waals surface area contributed by atoms with Gasteiger partial charge in [0, 0.05) is 10.9 Å². The summed E-state index contributed by atoms with van der Waals surface area (Å²) in [5, 5.41) is 5.36. The third-order valence-electron chi connectivity index (χ3n) is 2.47. The van der Waals surface area contributed by atoms with Gasteiger partial charge in [-0.1, -0.05) is 13.0 Å². The van der Waals surface area contributed by atoms with Crippen molar-refractivity contribution >= 4 is 17.3 Å². The molecular weight excluding hydrogens is 222 g/mol. The maximum Gasteiger partial charge on any atom is 0.322 e. The van der Waals surface area contributed by atoms with Gasteiger partial charge in [0.2, 0.25) is 0 Å². The molecule has 1 N–H and O–H groups in total. The fraction of sp³-hybridized carbons (Fsp3) is 0.583. The Hall–Kier alpha value is -0.870. The van der Waals surface area contributed by atoms with E-state index in [1.54, 1.807) is 11.3 Å². The molecule has 0 aromatic carbocycles. The van der Waals surface area contributed by atoms with Gasteiger partial charge < -0.3 is 10.1 Å². The topological polar surface area (TPSA) is 38.3 Å². The number of carbonyl (C=O) groups excluding carboxylic acids is 1. The van der Waals surface area contributed by atoms with Crippen LogP contribution in [0.2, 0.25) is 0 Å². The van der Waals surface area contributed by atoms with Gasteiger partial charge in [0.1, 0.15) is 6.04 Å². The van der Waals surface area contributed by atoms with E-state index in [-0.39, 0.29) is 18.1 Å². The molecule has 1 aromatic rings. The van der Waals surface area contributed by atoms with Crippen molar-refractivity contribution in [3.8, 4) is 0 Å².